The van der Waals surface area contributed by atoms with Gasteiger partial charge in [0.05, 0.1) is 25.5 Å². The molecule has 0 bridgehead atoms. The summed E-state index contributed by atoms with van der Waals surface area (Å²) in [7, 11) is 2.82. The molecular weight excluding hydrogens is 357 g/mol. The average molecular weight is 367 g/mol. The van der Waals surface area contributed by atoms with Gasteiger partial charge >= 0.3 is 6.18 Å². The van der Waals surface area contributed by atoms with Crippen LogP contribution in [-0.4, -0.2) is 35.3 Å². The molecule has 2 aromatic rings. The van der Waals surface area contributed by atoms with Crippen molar-refractivity contribution >= 4 is 30.0 Å². The van der Waals surface area contributed by atoms with Crippen molar-refractivity contribution in [2.24, 2.45) is 5.10 Å². The molecule has 0 fully saturated rings. The van der Waals surface area contributed by atoms with Crippen LogP contribution >= 0.6 is 23.8 Å². The van der Waals surface area contributed by atoms with Gasteiger partial charge < -0.3 is 9.47 Å². The minimum absolute atomic E-state index is 0.222. The van der Waals surface area contributed by atoms with Gasteiger partial charge in [0, 0.05) is 0 Å². The molecule has 11 heteroatoms. The first-order valence-electron chi connectivity index (χ1n) is 5.98. The van der Waals surface area contributed by atoms with Gasteiger partial charge in [0.15, 0.2) is 11.5 Å². The number of aromatic nitrogens is 3. The molecule has 1 aromatic heterocycles. The van der Waals surface area contributed by atoms with Crippen LogP contribution in [0.2, 0.25) is 5.02 Å². The van der Waals surface area contributed by atoms with Gasteiger partial charge in [-0.15, -0.1) is 5.10 Å². The van der Waals surface area contributed by atoms with E-state index in [9.17, 15) is 13.2 Å². The Bertz CT molecular complexity index is 801. The van der Waals surface area contributed by atoms with E-state index in [0.29, 0.717) is 21.7 Å². The van der Waals surface area contributed by atoms with E-state index >= 15 is 0 Å². The van der Waals surface area contributed by atoms with Crippen LogP contribution < -0.4 is 9.47 Å². The number of benzene rings is 1. The molecule has 0 atom stereocenters. The van der Waals surface area contributed by atoms with Gasteiger partial charge in [0.25, 0.3) is 5.82 Å². The number of methoxy groups -OCH3 is 2. The van der Waals surface area contributed by atoms with Crippen LogP contribution in [0.4, 0.5) is 13.2 Å². The number of aromatic amines is 1. The largest absolute Gasteiger partial charge is 0.493 e. The fourth-order valence-corrected chi connectivity index (χ4v) is 2.19. The molecule has 1 N–H and O–H groups in total. The van der Waals surface area contributed by atoms with Gasteiger partial charge in [-0.3, -0.25) is 0 Å². The van der Waals surface area contributed by atoms with Crippen LogP contribution in [-0.2, 0) is 6.18 Å². The highest BCUT2D eigenvalue weighted by Gasteiger charge is 2.37. The third-order valence-corrected chi connectivity index (χ3v) is 3.23. The standard InChI is InChI=1S/C12H10ClF3N4O2S/c1-21-8-4-6(3-7(13)9(8)22-2)5-17-20-10(12(14,15)16)18-19-11(20)23/h3-5H,1-2H3,(H,19,23)/b17-5-. The number of rotatable bonds is 4. The Balaban J connectivity index is 2.44. The topological polar surface area (TPSA) is 64.4 Å². The van der Waals surface area contributed by atoms with E-state index in [1.165, 1.54) is 26.4 Å². The van der Waals surface area contributed by atoms with Crippen LogP contribution in [0.15, 0.2) is 17.2 Å². The Hall–Kier alpha value is -2.07. The third-order valence-electron chi connectivity index (χ3n) is 2.68. The van der Waals surface area contributed by atoms with Crippen molar-refractivity contribution in [2.75, 3.05) is 14.2 Å². The molecule has 2 rings (SSSR count). The zero-order valence-electron chi connectivity index (χ0n) is 11.8. The second-order valence-electron chi connectivity index (χ2n) is 4.14. The SMILES string of the molecule is COc1cc(/C=N\n2c(C(F)(F)F)n[nH]c2=S)cc(Cl)c1OC. The fourth-order valence-electron chi connectivity index (χ4n) is 1.72. The summed E-state index contributed by atoms with van der Waals surface area (Å²) in [4.78, 5) is 0. The van der Waals surface area contributed by atoms with E-state index in [-0.39, 0.29) is 9.79 Å². The van der Waals surface area contributed by atoms with Crippen LogP contribution in [0.1, 0.15) is 11.4 Å². The first-order chi connectivity index (χ1) is 10.8. The van der Waals surface area contributed by atoms with Gasteiger partial charge in [-0.2, -0.15) is 22.9 Å². The molecule has 1 heterocycles. The van der Waals surface area contributed by atoms with Gasteiger partial charge in [0.2, 0.25) is 4.77 Å². The molecule has 23 heavy (non-hydrogen) atoms. The van der Waals surface area contributed by atoms with Crippen molar-refractivity contribution in [2.45, 2.75) is 6.18 Å². The molecule has 0 spiro atoms. The van der Waals surface area contributed by atoms with Crippen molar-refractivity contribution in [3.8, 4) is 11.5 Å². The summed E-state index contributed by atoms with van der Waals surface area (Å²) in [6.07, 6.45) is -3.55. The summed E-state index contributed by atoms with van der Waals surface area (Å²) in [5, 5.41) is 9.07. The van der Waals surface area contributed by atoms with Gasteiger partial charge in [-0.1, -0.05) is 11.6 Å². The maximum atomic E-state index is 12.8. The van der Waals surface area contributed by atoms with E-state index in [2.05, 4.69) is 15.3 Å². The summed E-state index contributed by atoms with van der Waals surface area (Å²) < 4.78 is 48.7. The molecule has 0 radical (unpaired) electrons. The van der Waals surface area contributed by atoms with E-state index in [1.54, 1.807) is 0 Å². The number of ether oxygens (including phenoxy) is 2. The molecule has 0 saturated heterocycles. The van der Waals surface area contributed by atoms with Crippen LogP contribution in [0.25, 0.3) is 0 Å². The lowest BCUT2D eigenvalue weighted by Gasteiger charge is -2.10. The van der Waals surface area contributed by atoms with Crippen LogP contribution in [0, 0.1) is 4.77 Å². The third kappa shape index (κ3) is 3.64. The molecule has 124 valence electrons. The van der Waals surface area contributed by atoms with E-state index in [4.69, 9.17) is 33.3 Å². The maximum absolute atomic E-state index is 12.8. The smallest absolute Gasteiger partial charge is 0.453 e. The lowest BCUT2D eigenvalue weighted by atomic mass is 10.2. The number of hydrogen-bond donors (Lipinski definition) is 1. The monoisotopic (exact) mass is 366 g/mol. The summed E-state index contributed by atoms with van der Waals surface area (Å²) in [6.45, 7) is 0. The normalized spacial score (nSPS) is 11.9. The van der Waals surface area contributed by atoms with Gasteiger partial charge in [-0.25, -0.2) is 5.10 Å². The summed E-state index contributed by atoms with van der Waals surface area (Å²) in [5.74, 6) is -0.638. The Morgan fingerprint density at radius 2 is 2.04 bits per heavy atom. The first kappa shape index (κ1) is 17.3. The molecule has 6 nitrogen and oxygen atoms in total. The lowest BCUT2D eigenvalue weighted by Crippen LogP contribution is -2.12. The van der Waals surface area contributed by atoms with Gasteiger partial charge in [-0.05, 0) is 29.9 Å². The summed E-state index contributed by atoms with van der Waals surface area (Å²) >= 11 is 10.7. The number of nitrogens with one attached hydrogen (secondary N) is 1. The molecule has 1 aromatic carbocycles. The quantitative estimate of drug-likeness (QED) is 0.664. The molecule has 0 aliphatic carbocycles. The lowest BCUT2D eigenvalue weighted by molar-refractivity contribution is -0.147. The molecule has 0 amide bonds. The molecule has 0 unspecified atom stereocenters. The highest BCUT2D eigenvalue weighted by molar-refractivity contribution is 7.71. The zero-order valence-corrected chi connectivity index (χ0v) is 13.4. The molecular formula is C12H10ClF3N4O2S. The minimum Gasteiger partial charge on any atom is -0.493 e. The van der Waals surface area contributed by atoms with E-state index in [1.807, 2.05) is 0 Å². The molecule has 0 saturated carbocycles. The minimum atomic E-state index is -4.69. The van der Waals surface area contributed by atoms with Crippen molar-refractivity contribution in [1.29, 1.82) is 0 Å². The molecule has 0 aliphatic rings. The van der Waals surface area contributed by atoms with E-state index < -0.39 is 12.0 Å². The van der Waals surface area contributed by atoms with Crippen molar-refractivity contribution in [1.82, 2.24) is 14.9 Å². The van der Waals surface area contributed by atoms with Crippen molar-refractivity contribution in [3.05, 3.63) is 33.3 Å². The number of nitrogens with zero attached hydrogens (tertiary/aromatic N) is 3. The van der Waals surface area contributed by atoms with Crippen molar-refractivity contribution < 1.29 is 22.6 Å². The Morgan fingerprint density at radius 1 is 1.35 bits per heavy atom. The highest BCUT2D eigenvalue weighted by atomic mass is 35.5. The predicted molar refractivity (Wildman–Crippen MR) is 80.0 cm³/mol. The second-order valence-corrected chi connectivity index (χ2v) is 4.94. The molecule has 0 aliphatic heterocycles. The first-order valence-corrected chi connectivity index (χ1v) is 6.77. The number of hydrogen-bond acceptors (Lipinski definition) is 5. The Morgan fingerprint density at radius 3 is 2.61 bits per heavy atom. The average Bonchev–Trinajstić information content (AvgIpc) is 2.85. The number of halogens is 4. The number of alkyl halides is 3. The Labute approximate surface area is 138 Å². The van der Waals surface area contributed by atoms with E-state index in [0.717, 1.165) is 6.21 Å². The Kier molecular flexibility index (Phi) is 4.95. The number of H-pyrrole nitrogens is 1. The summed E-state index contributed by atoms with van der Waals surface area (Å²) in [6, 6.07) is 2.97. The van der Waals surface area contributed by atoms with Crippen LogP contribution in [0.3, 0.4) is 0 Å². The maximum Gasteiger partial charge on any atom is 0.453 e. The van der Waals surface area contributed by atoms with Crippen LogP contribution in [0.5, 0.6) is 11.5 Å². The van der Waals surface area contributed by atoms with Crippen molar-refractivity contribution in [3.63, 3.8) is 0 Å². The predicted octanol–water partition coefficient (Wildman–Crippen LogP) is 3.51. The zero-order chi connectivity index (χ0) is 17.2. The van der Waals surface area contributed by atoms with Gasteiger partial charge in [0.1, 0.15) is 0 Å². The fraction of sp³-hybridized carbons (Fsp3) is 0.250. The summed E-state index contributed by atoms with van der Waals surface area (Å²) in [5.41, 5.74) is 0.392. The highest BCUT2D eigenvalue weighted by Crippen LogP contribution is 2.35. The second kappa shape index (κ2) is 6.59.